The first-order valence-electron chi connectivity index (χ1n) is 16.1. The molecule has 0 aliphatic rings. The second-order valence-corrected chi connectivity index (χ2v) is 127. The first kappa shape index (κ1) is 97.5. The highest BCUT2D eigenvalue weighted by Gasteiger charge is 2.21. The minimum absolute atomic E-state index is 0.100. The van der Waals surface area contributed by atoms with Crippen LogP contribution in [0.4, 0.5) is 5.69 Å². The largest absolute Gasteiger partial charge is 0.325 e. The summed E-state index contributed by atoms with van der Waals surface area (Å²) in [6.07, 6.45) is 0.734. The molecule has 3 nitrogen and oxygen atoms in total. The van der Waals surface area contributed by atoms with Gasteiger partial charge in [0, 0.05) is 628 Å². The Morgan fingerprint density at radius 1 is 0.286 bits per heavy atom. The van der Waals surface area contributed by atoms with E-state index in [9.17, 15) is 9.59 Å². The lowest BCUT2D eigenvalue weighted by Crippen LogP contribution is -2.28. The molecule has 0 bridgehead atoms. The second-order valence-electron chi connectivity index (χ2n) is 8.97. The topological polar surface area (TPSA) is 46.2 Å². The summed E-state index contributed by atoms with van der Waals surface area (Å²) in [6, 6.07) is 6.93. The van der Waals surface area contributed by atoms with E-state index in [1.807, 2.05) is 491 Å². The van der Waals surface area contributed by atoms with E-state index in [-0.39, 0.29) is 5.91 Å². The van der Waals surface area contributed by atoms with Crippen LogP contribution in [0.25, 0.3) is 0 Å². The van der Waals surface area contributed by atoms with Crippen molar-refractivity contribution in [3.8, 4) is 0 Å². The summed E-state index contributed by atoms with van der Waals surface area (Å²) in [7, 11) is 121. The van der Waals surface area contributed by atoms with E-state index in [2.05, 4.69) is 5.32 Å². The maximum absolute atomic E-state index is 11.7. The molecular weight excluding hydrogens is 2400 g/mol. The molecule has 0 fully saturated rings. The third-order valence-electron chi connectivity index (χ3n) is 3.85. The Kier molecular flexibility index (Phi) is 99.2. The van der Waals surface area contributed by atoms with Gasteiger partial charge >= 0.3 is 0 Å². The van der Waals surface area contributed by atoms with Crippen LogP contribution in [-0.4, -0.2) is 12.2 Å². The predicted molar refractivity (Wildman–Crippen MR) is 568 cm³/mol. The van der Waals surface area contributed by atoms with E-state index < -0.39 is 5.41 Å². The van der Waals surface area contributed by atoms with E-state index in [4.69, 9.17) is 22.4 Å². The summed E-state index contributed by atoms with van der Waals surface area (Å²) in [5, 5.41) is 2.73. The molecule has 1 amide bonds. The molecule has 0 unspecified atom stereocenters. The molecule has 0 aliphatic carbocycles. The molecule has 494 valence electrons. The predicted octanol–water partition coefficient (Wildman–Crippen LogP) is 2.32. The lowest BCUT2D eigenvalue weighted by molar-refractivity contribution is -0.123. The van der Waals surface area contributed by atoms with Crippen molar-refractivity contribution in [3.63, 3.8) is 0 Å². The number of carbonyl (C=O) groups excluding carboxylic acids is 2. The number of benzene rings is 1. The SMILES string of the molecule is CC(C)(C)C(=O)Nc1ccccc1C=O.S=S=S=S=S=S=S=S=S=S=S=S=S=S=S=S=S=S=S=S=S=S=S=S=S=S=S=S=S=S=S=S=S=S=S=S=S=S=S=S=S=S=S=S=S=S=S=S=S=S=S=S=S=S=S=S=S=S=S=S=S=S=S=S=S=S=S=S=S. The van der Waals surface area contributed by atoms with E-state index >= 15 is 0 Å². The lowest BCUT2D eigenvalue weighted by atomic mass is 9.95. The van der Waals surface area contributed by atoms with Gasteiger partial charge in [0.05, 0.1) is 5.69 Å². The Morgan fingerprint density at radius 3 is 0.560 bits per heavy atom. The van der Waals surface area contributed by atoms with Crippen molar-refractivity contribution in [1.29, 1.82) is 0 Å². The van der Waals surface area contributed by atoms with Gasteiger partial charge in [-0.05, 0) is 12.1 Å². The van der Waals surface area contributed by atoms with E-state index in [0.717, 1.165) is 6.29 Å². The average molecular weight is 2420 g/mol. The van der Waals surface area contributed by atoms with Crippen molar-refractivity contribution in [2.75, 3.05) is 5.32 Å². The van der Waals surface area contributed by atoms with Crippen LogP contribution in [0.2, 0.25) is 0 Å². The number of hydrogen-bond donors (Lipinski definition) is 1. The van der Waals surface area contributed by atoms with Crippen molar-refractivity contribution >= 4 is 635 Å². The van der Waals surface area contributed by atoms with Gasteiger partial charge in [0.2, 0.25) is 5.91 Å². The van der Waals surface area contributed by atoms with Crippen molar-refractivity contribution in [2.45, 2.75) is 20.8 Å². The van der Waals surface area contributed by atoms with Crippen molar-refractivity contribution in [2.24, 2.45) is 5.41 Å². The lowest BCUT2D eigenvalue weighted by Gasteiger charge is -2.18. The van der Waals surface area contributed by atoms with Crippen LogP contribution in [0.5, 0.6) is 0 Å². The fourth-order valence-electron chi connectivity index (χ4n) is 1.76. The zero-order valence-corrected chi connectivity index (χ0v) is 93.7. The van der Waals surface area contributed by atoms with Crippen LogP contribution in [0, 0.1) is 5.41 Å². The van der Waals surface area contributed by atoms with Gasteiger partial charge in [-0.25, -0.2) is 0 Å². The number of carbonyl (C=O) groups is 2. The Hall–Kier alpha value is 13.5. The van der Waals surface area contributed by atoms with Gasteiger partial charge in [0.15, 0.2) is 6.29 Å². The fourth-order valence-corrected chi connectivity index (χ4v) is 180. The molecule has 1 rings (SSSR count). The van der Waals surface area contributed by atoms with Gasteiger partial charge in [0.25, 0.3) is 0 Å². The molecule has 1 aromatic carbocycles. The number of nitrogens with one attached hydrogen (secondary N) is 1. The molecule has 0 atom stereocenters. The number of para-hydroxylation sites is 1. The van der Waals surface area contributed by atoms with Gasteiger partial charge < -0.3 is 5.32 Å². The first-order valence-corrected chi connectivity index (χ1v) is 107. The summed E-state index contributed by atoms with van der Waals surface area (Å²) in [5.41, 5.74) is 0.596. The number of amides is 1. The van der Waals surface area contributed by atoms with Gasteiger partial charge in [-0.1, -0.05) is 32.9 Å². The fraction of sp³-hybridized carbons (Fsp3) is 0.333. The van der Waals surface area contributed by atoms with Gasteiger partial charge in [-0.3, -0.25) is 9.59 Å². The molecule has 1 N–H and O–H groups in total. The number of anilines is 1. The zero-order valence-electron chi connectivity index (χ0n) is 37.4. The number of rotatable bonds is 2. The molecule has 0 radical (unpaired) electrons. The van der Waals surface area contributed by atoms with Crippen LogP contribution in [-0.2, 0) is 622 Å². The Labute approximate surface area is 686 Å². The maximum Gasteiger partial charge on any atom is 0.229 e. The standard InChI is InChI=1S/C12H15NO2.S69/c1-12(2,3)11(15)13-10-7-5-4-6-9(10)8-14;1-3-5-7-9-11-13-15-17-19-21-23-25-27-29-31-33-35-37-39-41-43-45-47-49-51-53-55-57-59-61-63-65-67-69-68-66-64-62-60-58-56-54-52-50-48-46-44-42-40-38-36-34-32-30-28-26-24-22-20-18-16-14-12-10-8-6-4-2/h4-8H,1-3H3,(H,13,15);. The quantitative estimate of drug-likeness (QED) is 0.463. The number of aldehydes is 1. The second kappa shape index (κ2) is 85.5. The molecule has 0 saturated heterocycles. The highest BCUT2D eigenvalue weighted by Crippen LogP contribution is 2.19. The third-order valence-corrected chi connectivity index (χ3v) is 151. The van der Waals surface area contributed by atoms with E-state index in [1.54, 1.807) is 131 Å². The molecule has 84 heavy (non-hydrogen) atoms. The molecule has 72 heteroatoms. The monoisotopic (exact) mass is 2410 g/mol. The van der Waals surface area contributed by atoms with Crippen LogP contribution in [0.3, 0.4) is 0 Å². The average Bonchev–Trinajstić information content (AvgIpc) is 3.57. The van der Waals surface area contributed by atoms with Crippen molar-refractivity contribution < 1.29 is 9.59 Å². The van der Waals surface area contributed by atoms with Gasteiger partial charge in [0.1, 0.15) is 0 Å². The minimum atomic E-state index is -0.462. The minimum Gasteiger partial charge on any atom is -0.325 e. The Balaban J connectivity index is 0.00000394. The van der Waals surface area contributed by atoms with Crippen LogP contribution in [0.1, 0.15) is 31.1 Å². The molecule has 0 aliphatic heterocycles. The van der Waals surface area contributed by atoms with Crippen molar-refractivity contribution in [3.05, 3.63) is 29.8 Å². The normalized spacial score (nSPS) is 8.37. The summed E-state index contributed by atoms with van der Waals surface area (Å²) in [5.74, 6) is -0.100. The smallest absolute Gasteiger partial charge is 0.229 e. The summed E-state index contributed by atoms with van der Waals surface area (Å²) >= 11 is 9.64. The summed E-state index contributed by atoms with van der Waals surface area (Å²) < 4.78 is 0. The Bertz CT molecular complexity index is 5560. The Morgan fingerprint density at radius 2 is 0.429 bits per heavy atom. The van der Waals surface area contributed by atoms with E-state index in [1.165, 1.54) is 17.8 Å². The molecule has 0 spiro atoms. The molecule has 1 aromatic rings. The number of hydrogen-bond acceptors (Lipinski definition) is 4. The van der Waals surface area contributed by atoms with E-state index in [0.29, 0.717) is 11.3 Å². The molecule has 0 heterocycles. The third kappa shape index (κ3) is 81.2. The maximum atomic E-state index is 11.7. The van der Waals surface area contributed by atoms with Gasteiger partial charge in [-0.15, -0.1) is 0 Å². The first-order chi connectivity index (χ1) is 41.4. The molecule has 0 saturated carbocycles. The van der Waals surface area contributed by atoms with Crippen molar-refractivity contribution in [1.82, 2.24) is 0 Å². The van der Waals surface area contributed by atoms with Gasteiger partial charge in [-0.2, -0.15) is 0 Å². The highest BCUT2D eigenvalue weighted by atomic mass is 33.5. The zero-order chi connectivity index (χ0) is 60.9. The summed E-state index contributed by atoms with van der Waals surface area (Å²) in [6.45, 7) is 5.48. The highest BCUT2D eigenvalue weighted by molar-refractivity contribution is 8.84. The van der Waals surface area contributed by atoms with Crippen LogP contribution >= 0.6 is 0 Å². The molecular formula is C12H15NO2S69. The molecule has 0 aromatic heterocycles. The summed E-state index contributed by atoms with van der Waals surface area (Å²) in [4.78, 5) is 22.4. The van der Waals surface area contributed by atoms with Crippen LogP contribution in [0.15, 0.2) is 24.3 Å². The van der Waals surface area contributed by atoms with Crippen LogP contribution < -0.4 is 5.32 Å².